The van der Waals surface area contributed by atoms with Gasteiger partial charge in [0.15, 0.2) is 0 Å². The molecule has 0 saturated carbocycles. The highest BCUT2D eigenvalue weighted by molar-refractivity contribution is 7.99. The lowest BCUT2D eigenvalue weighted by atomic mass is 10.1. The van der Waals surface area contributed by atoms with Crippen LogP contribution in [-0.2, 0) is 6.42 Å². The minimum atomic E-state index is -0.147. The molecule has 4 aromatic rings. The average Bonchev–Trinajstić information content (AvgIpc) is 2.82. The Morgan fingerprint density at radius 1 is 0.485 bits per heavy atom. The highest BCUT2D eigenvalue weighted by atomic mass is 32.2. The van der Waals surface area contributed by atoms with Gasteiger partial charge < -0.3 is 0 Å². The van der Waals surface area contributed by atoms with Gasteiger partial charge in [0, 0.05) is 43.8 Å². The fourth-order valence-electron chi connectivity index (χ4n) is 3.14. The first-order chi connectivity index (χ1) is 16.0. The fourth-order valence-corrected chi connectivity index (χ4v) is 4.77. The van der Waals surface area contributed by atoms with Crippen molar-refractivity contribution in [2.45, 2.75) is 26.0 Å². The molecule has 8 heteroatoms. The third-order valence-corrected chi connectivity index (χ3v) is 6.87. The fraction of sp³-hybridized carbons (Fsp3) is 0.0400. The van der Waals surface area contributed by atoms with Crippen LogP contribution in [-0.4, -0.2) is 20.3 Å². The molecular formula is C25H20N2O4S2+2. The molecule has 33 heavy (non-hydrogen) atoms. The summed E-state index contributed by atoms with van der Waals surface area (Å²) >= 11 is 3.18. The molecule has 0 atom stereocenters. The largest absolute Gasteiger partial charge is 0.316 e. The number of benzene rings is 4. The lowest BCUT2D eigenvalue weighted by molar-refractivity contribution is -0.729. The molecule has 0 bridgehead atoms. The van der Waals surface area contributed by atoms with Crippen LogP contribution in [0.2, 0.25) is 0 Å². The van der Waals surface area contributed by atoms with E-state index in [0.29, 0.717) is 0 Å². The summed E-state index contributed by atoms with van der Waals surface area (Å²) < 4.78 is 0. The summed E-state index contributed by atoms with van der Waals surface area (Å²) in [6, 6.07) is 30.2. The normalized spacial score (nSPS) is 10.7. The Hall–Kier alpha value is -3.62. The van der Waals surface area contributed by atoms with Gasteiger partial charge in [0.05, 0.1) is 9.81 Å². The zero-order valence-corrected chi connectivity index (χ0v) is 19.0. The molecule has 164 valence electrons. The number of hydrogen-bond acceptors (Lipinski definition) is 4. The summed E-state index contributed by atoms with van der Waals surface area (Å²) in [5.41, 5.74) is 2.82. The summed E-state index contributed by atoms with van der Waals surface area (Å²) in [6.07, 6.45) is 0.824. The Bertz CT molecular complexity index is 1160. The second kappa shape index (κ2) is 10.3. The van der Waals surface area contributed by atoms with Crippen molar-refractivity contribution in [3.63, 3.8) is 0 Å². The van der Waals surface area contributed by atoms with Gasteiger partial charge in [-0.15, -0.1) is 0 Å². The van der Waals surface area contributed by atoms with Crippen molar-refractivity contribution >= 4 is 34.9 Å². The van der Waals surface area contributed by atoms with Crippen LogP contribution in [0.1, 0.15) is 11.1 Å². The minimum absolute atomic E-state index is 0.147. The Balaban J connectivity index is 1.34. The van der Waals surface area contributed by atoms with Crippen molar-refractivity contribution in [2.75, 3.05) is 0 Å². The van der Waals surface area contributed by atoms with Crippen molar-refractivity contribution < 1.29 is 20.3 Å². The Kier molecular flexibility index (Phi) is 7.07. The van der Waals surface area contributed by atoms with Gasteiger partial charge in [-0.1, -0.05) is 47.8 Å². The van der Waals surface area contributed by atoms with Gasteiger partial charge in [-0.3, -0.25) is 0 Å². The van der Waals surface area contributed by atoms with Crippen molar-refractivity contribution in [3.05, 3.63) is 118 Å². The SMILES string of the molecule is O=[N+](O)c1ccc(Sc2ccc(Cc3ccc(Sc4ccc([N+](=O)O)cc4)cc3)cc2)cc1. The molecule has 0 heterocycles. The smallest absolute Gasteiger partial charge is 0.241 e. The molecular weight excluding hydrogens is 456 g/mol. The van der Waals surface area contributed by atoms with E-state index in [1.54, 1.807) is 72.1 Å². The van der Waals surface area contributed by atoms with Crippen LogP contribution in [0.5, 0.6) is 0 Å². The van der Waals surface area contributed by atoms with E-state index in [-0.39, 0.29) is 21.2 Å². The average molecular weight is 477 g/mol. The summed E-state index contributed by atoms with van der Waals surface area (Å²) in [4.78, 5) is 25.6. The molecule has 0 fully saturated rings. The van der Waals surface area contributed by atoms with Crippen LogP contribution in [0, 0.1) is 9.81 Å². The first-order valence-corrected chi connectivity index (χ1v) is 11.7. The molecule has 0 unspecified atom stereocenters. The second-order valence-electron chi connectivity index (χ2n) is 7.20. The van der Waals surface area contributed by atoms with Gasteiger partial charge >= 0.3 is 11.4 Å². The van der Waals surface area contributed by atoms with Crippen LogP contribution >= 0.6 is 23.5 Å². The van der Waals surface area contributed by atoms with Crippen molar-refractivity contribution in [2.24, 2.45) is 0 Å². The lowest BCUT2D eigenvalue weighted by Crippen LogP contribution is -1.90. The lowest BCUT2D eigenvalue weighted by Gasteiger charge is -2.06. The van der Waals surface area contributed by atoms with Gasteiger partial charge in [0.25, 0.3) is 9.85 Å². The first-order valence-electron chi connectivity index (χ1n) is 10.0. The quantitative estimate of drug-likeness (QED) is 0.262. The van der Waals surface area contributed by atoms with E-state index in [4.69, 9.17) is 10.4 Å². The molecule has 0 aliphatic heterocycles. The molecule has 0 aliphatic carbocycles. The van der Waals surface area contributed by atoms with E-state index in [0.717, 1.165) is 26.0 Å². The molecule has 0 radical (unpaired) electrons. The molecule has 0 aromatic heterocycles. The standard InChI is InChI=1S/C25H20N2O4S2/c28-26(29)20-5-13-24(14-6-20)32-22-9-1-18(2-10-22)17-19-3-11-23(12-4-19)33-25-15-7-21(8-16-25)27(30)31/h1-16H,17H2,(H,28,29)(H,30,31)/q+2. The molecule has 4 aromatic carbocycles. The zero-order valence-electron chi connectivity index (χ0n) is 17.4. The summed E-state index contributed by atoms with van der Waals surface area (Å²) in [7, 11) is 0. The Labute approximate surface area is 199 Å². The van der Waals surface area contributed by atoms with Crippen molar-refractivity contribution in [3.8, 4) is 0 Å². The number of rotatable bonds is 8. The second-order valence-corrected chi connectivity index (χ2v) is 9.50. The van der Waals surface area contributed by atoms with E-state index in [9.17, 15) is 9.81 Å². The first kappa shape index (κ1) is 22.6. The van der Waals surface area contributed by atoms with Crippen LogP contribution in [0.25, 0.3) is 0 Å². The highest BCUT2D eigenvalue weighted by Gasteiger charge is 2.11. The third-order valence-electron chi connectivity index (χ3n) is 4.84. The van der Waals surface area contributed by atoms with E-state index in [1.807, 2.05) is 0 Å². The van der Waals surface area contributed by atoms with Gasteiger partial charge in [0.1, 0.15) is 0 Å². The molecule has 2 N–H and O–H groups in total. The highest BCUT2D eigenvalue weighted by Crippen LogP contribution is 2.31. The van der Waals surface area contributed by atoms with Crippen molar-refractivity contribution in [1.29, 1.82) is 0 Å². The van der Waals surface area contributed by atoms with Gasteiger partial charge in [-0.05, 0) is 66.1 Å². The van der Waals surface area contributed by atoms with E-state index in [1.165, 1.54) is 11.1 Å². The third kappa shape index (κ3) is 6.21. The van der Waals surface area contributed by atoms with Crippen LogP contribution in [0.4, 0.5) is 11.4 Å². The van der Waals surface area contributed by atoms with Crippen LogP contribution in [0.3, 0.4) is 0 Å². The summed E-state index contributed by atoms with van der Waals surface area (Å²) in [5, 5.41) is 17.8. The van der Waals surface area contributed by atoms with E-state index in [2.05, 4.69) is 48.5 Å². The maximum absolute atomic E-state index is 10.9. The Morgan fingerprint density at radius 3 is 1.03 bits per heavy atom. The van der Waals surface area contributed by atoms with Gasteiger partial charge in [0.2, 0.25) is 0 Å². The molecule has 0 amide bonds. The number of nitrogens with zero attached hydrogens (tertiary/aromatic N) is 2. The number of hydrogen-bond donors (Lipinski definition) is 2. The van der Waals surface area contributed by atoms with Crippen LogP contribution < -0.4 is 0 Å². The van der Waals surface area contributed by atoms with Crippen LogP contribution in [0.15, 0.2) is 117 Å². The van der Waals surface area contributed by atoms with E-state index >= 15 is 0 Å². The molecule has 0 spiro atoms. The van der Waals surface area contributed by atoms with Gasteiger partial charge in [-0.2, -0.15) is 0 Å². The molecule has 4 rings (SSSR count). The van der Waals surface area contributed by atoms with E-state index < -0.39 is 0 Å². The van der Waals surface area contributed by atoms with Crippen molar-refractivity contribution in [1.82, 2.24) is 0 Å². The zero-order chi connectivity index (χ0) is 23.2. The predicted octanol–water partition coefficient (Wildman–Crippen LogP) is 7.18. The molecule has 0 aliphatic rings. The summed E-state index contributed by atoms with van der Waals surface area (Å²) in [6.45, 7) is 0. The monoisotopic (exact) mass is 476 g/mol. The predicted molar refractivity (Wildman–Crippen MR) is 127 cm³/mol. The molecule has 6 nitrogen and oxygen atoms in total. The Morgan fingerprint density at radius 2 is 0.758 bits per heavy atom. The maximum Gasteiger partial charge on any atom is 0.316 e. The maximum atomic E-state index is 10.9. The molecule has 0 saturated heterocycles. The topological polar surface area (TPSA) is 80.6 Å². The summed E-state index contributed by atoms with van der Waals surface area (Å²) in [5.74, 6) is 0. The van der Waals surface area contributed by atoms with Gasteiger partial charge in [-0.25, -0.2) is 10.4 Å². The minimum Gasteiger partial charge on any atom is -0.241 e.